The highest BCUT2D eigenvalue weighted by atomic mass is 16.7. The zero-order valence-electron chi connectivity index (χ0n) is 55.7. The lowest BCUT2D eigenvalue weighted by Crippen LogP contribution is -2.61. The number of para-hydroxylation sites is 1. The number of hydrogen-bond donors (Lipinski definition) is 9. The van der Waals surface area contributed by atoms with Crippen molar-refractivity contribution >= 4 is 52.3 Å². The van der Waals surface area contributed by atoms with E-state index in [0.717, 1.165) is 16.5 Å². The number of nitrogens with zero attached hydrogens (tertiary/aromatic N) is 3. The second kappa shape index (κ2) is 38.1. The molecule has 97 heavy (non-hydrogen) atoms. The summed E-state index contributed by atoms with van der Waals surface area (Å²) in [5.41, 5.74) is 6.47. The molecule has 3 aliphatic rings. The molecular weight excluding hydrogens is 1270 g/mol. The number of cyclic esters (lactones) is 1. The number of carbonyl (C=O) groups is 6. The number of aliphatic hydroxyl groups is 4. The Labute approximate surface area is 561 Å². The standard InChI is InChI=1S/C66H93N7O24/c1-7-66(85)47-35-50-54-45(36-73(50)61(80)46(47)38-94-64(66)83)43(44-10-8-9-11-48(44)69-54)14-17-72(40(4)5)65(84)95-37-42-12-13-49(51(34-42)96-63-57(77)55(75)56(76)58(97-63)62(81)82)70-59(78)41(6)68-60(79)53(39(2)3)71-52(74)15-18-86-20-22-88-24-26-90-28-30-92-32-33-93-31-29-91-27-25-89-23-21-87-19-16-67/h8-13,34-35,39-41,53,55-58,63,75-77,85H,7,14-33,36-38,67H2,1-6H3,(H,68,79)(H,70,78)(H,71,74)(H,81,82)/t41-,53-,55-,56-,57+,58-,63+,66-/m0/s1. The molecule has 10 N–H and O–H groups in total. The quantitative estimate of drug-likeness (QED) is 0.0194. The summed E-state index contributed by atoms with van der Waals surface area (Å²) in [4.78, 5) is 100. The first-order valence-corrected chi connectivity index (χ1v) is 32.6. The second-order valence-electron chi connectivity index (χ2n) is 23.8. The fourth-order valence-corrected chi connectivity index (χ4v) is 10.8. The van der Waals surface area contributed by atoms with Gasteiger partial charge in [0.2, 0.25) is 24.0 Å². The molecule has 0 radical (unpaired) electrons. The van der Waals surface area contributed by atoms with E-state index in [9.17, 15) is 59.1 Å². The number of aliphatic hydroxyl groups excluding tert-OH is 3. The first-order chi connectivity index (χ1) is 46.6. The van der Waals surface area contributed by atoms with E-state index in [4.69, 9.17) is 67.6 Å². The number of benzene rings is 2. The molecule has 3 aliphatic heterocycles. The Hall–Kier alpha value is -7.34. The van der Waals surface area contributed by atoms with E-state index in [1.807, 2.05) is 24.3 Å². The Bertz CT molecular complexity index is 3330. The first-order valence-electron chi connectivity index (χ1n) is 32.6. The number of pyridine rings is 2. The van der Waals surface area contributed by atoms with Crippen molar-refractivity contribution in [3.8, 4) is 17.1 Å². The van der Waals surface area contributed by atoms with Crippen LogP contribution >= 0.6 is 0 Å². The highest BCUT2D eigenvalue weighted by Crippen LogP contribution is 2.41. The van der Waals surface area contributed by atoms with Gasteiger partial charge in [0.15, 0.2) is 11.7 Å². The number of aromatic nitrogens is 2. The Morgan fingerprint density at radius 1 is 0.742 bits per heavy atom. The molecule has 0 unspecified atom stereocenters. The average molecular weight is 1370 g/mol. The van der Waals surface area contributed by atoms with Gasteiger partial charge in [-0.3, -0.25) is 19.2 Å². The highest BCUT2D eigenvalue weighted by molar-refractivity contribution is 5.99. The number of carboxylic acid groups (broad SMARTS) is 1. The van der Waals surface area contributed by atoms with Crippen molar-refractivity contribution < 1.29 is 111 Å². The van der Waals surface area contributed by atoms with Gasteiger partial charge in [0.1, 0.15) is 49.4 Å². The Morgan fingerprint density at radius 2 is 1.33 bits per heavy atom. The summed E-state index contributed by atoms with van der Waals surface area (Å²) in [6.07, 6.45) is -10.7. The molecule has 31 nitrogen and oxygen atoms in total. The molecule has 4 amide bonds. The molecular formula is C66H93N7O24. The number of aliphatic carboxylic acids is 1. The van der Waals surface area contributed by atoms with Crippen molar-refractivity contribution in [2.45, 2.75) is 135 Å². The van der Waals surface area contributed by atoms with Crippen LogP contribution in [-0.2, 0) is 108 Å². The number of esters is 1. The number of anilines is 1. The largest absolute Gasteiger partial charge is 0.479 e. The monoisotopic (exact) mass is 1370 g/mol. The topological polar surface area (TPSA) is 415 Å². The van der Waals surface area contributed by atoms with Gasteiger partial charge >= 0.3 is 18.0 Å². The van der Waals surface area contributed by atoms with Crippen LogP contribution < -0.4 is 32.0 Å². The summed E-state index contributed by atoms with van der Waals surface area (Å²) < 4.78 is 67.7. The molecule has 0 aliphatic carbocycles. The Morgan fingerprint density at radius 3 is 1.90 bits per heavy atom. The minimum atomic E-state index is -2.05. The van der Waals surface area contributed by atoms with Crippen LogP contribution in [0, 0.1) is 5.92 Å². The molecule has 0 spiro atoms. The van der Waals surface area contributed by atoms with Crippen LogP contribution in [0.5, 0.6) is 5.75 Å². The summed E-state index contributed by atoms with van der Waals surface area (Å²) in [6, 6.07) is 10.4. The third-order valence-corrected chi connectivity index (χ3v) is 16.3. The van der Waals surface area contributed by atoms with Gasteiger partial charge in [0.05, 0.1) is 140 Å². The number of ether oxygens (including phenoxy) is 12. The van der Waals surface area contributed by atoms with Crippen molar-refractivity contribution in [3.05, 3.63) is 86.7 Å². The normalized spacial score (nSPS) is 19.4. The summed E-state index contributed by atoms with van der Waals surface area (Å²) in [5, 5.41) is 61.9. The van der Waals surface area contributed by atoms with E-state index in [2.05, 4.69) is 16.0 Å². The summed E-state index contributed by atoms with van der Waals surface area (Å²) in [7, 11) is 0. The smallest absolute Gasteiger partial charge is 0.410 e. The molecule has 4 aromatic rings. The molecule has 2 aromatic carbocycles. The van der Waals surface area contributed by atoms with Crippen molar-refractivity contribution in [1.82, 2.24) is 25.1 Å². The predicted octanol–water partition coefficient (Wildman–Crippen LogP) is 1.01. The number of fused-ring (bicyclic) bond motifs is 5. The molecule has 31 heteroatoms. The molecule has 8 atom stereocenters. The lowest BCUT2D eigenvalue weighted by molar-refractivity contribution is -0.271. The molecule has 1 saturated heterocycles. The number of carbonyl (C=O) groups excluding carboxylic acids is 5. The second-order valence-corrected chi connectivity index (χ2v) is 23.8. The molecule has 536 valence electrons. The molecule has 5 heterocycles. The van der Waals surface area contributed by atoms with Gasteiger partial charge in [0, 0.05) is 42.1 Å². The number of carboxylic acids is 1. The summed E-state index contributed by atoms with van der Waals surface area (Å²) in [5.74, 6) is -5.20. The van der Waals surface area contributed by atoms with Gasteiger partial charge in [0.25, 0.3) is 5.56 Å². The van der Waals surface area contributed by atoms with Crippen molar-refractivity contribution in [2.75, 3.05) is 124 Å². The first kappa shape index (κ1) is 77.0. The number of hydrogen-bond acceptors (Lipinski definition) is 25. The summed E-state index contributed by atoms with van der Waals surface area (Å²) >= 11 is 0. The lowest BCUT2D eigenvalue weighted by Gasteiger charge is -2.38. The van der Waals surface area contributed by atoms with Crippen LogP contribution in [0.3, 0.4) is 0 Å². The number of nitrogens with one attached hydrogen (secondary N) is 3. The van der Waals surface area contributed by atoms with Gasteiger partial charge in [-0.25, -0.2) is 19.4 Å². The van der Waals surface area contributed by atoms with E-state index < -0.39 is 108 Å². The maximum Gasteiger partial charge on any atom is 0.410 e. The SMILES string of the molecule is CC[C@@]1(O)C(=O)OCc2c1cc1n(c2=O)Cc2c-1nc1ccccc1c2CCN(C(=O)OCc1ccc(NC(=O)[C@H](C)NC(=O)[C@@H](NC(=O)CCOCCOCCOCCOCCOCCOCCOCCOCCN)C(C)C)c(O[C@@H]2O[C@H](C(=O)O)[C@@H](O)[C@H](O)[C@H]2O)c1)C(C)C. The third kappa shape index (κ3) is 21.1. The molecule has 2 aromatic heterocycles. The average Bonchev–Trinajstić information content (AvgIpc) is 1.58. The van der Waals surface area contributed by atoms with E-state index in [1.165, 1.54) is 30.0 Å². The van der Waals surface area contributed by atoms with Crippen molar-refractivity contribution in [3.63, 3.8) is 0 Å². The van der Waals surface area contributed by atoms with Crippen LogP contribution in [0.15, 0.2) is 53.3 Å². The zero-order valence-corrected chi connectivity index (χ0v) is 55.7. The van der Waals surface area contributed by atoms with E-state index in [1.54, 1.807) is 45.3 Å². The predicted molar refractivity (Wildman–Crippen MR) is 345 cm³/mol. The Kier molecular flexibility index (Phi) is 30.3. The summed E-state index contributed by atoms with van der Waals surface area (Å²) in [6.45, 7) is 16.1. The van der Waals surface area contributed by atoms with Crippen LogP contribution in [0.2, 0.25) is 0 Å². The van der Waals surface area contributed by atoms with Crippen LogP contribution in [0.1, 0.15) is 82.2 Å². The Balaban J connectivity index is 0.882. The minimum Gasteiger partial charge on any atom is -0.479 e. The van der Waals surface area contributed by atoms with Crippen LogP contribution in [0.4, 0.5) is 10.5 Å². The minimum absolute atomic E-state index is 0.0252. The van der Waals surface area contributed by atoms with E-state index >= 15 is 0 Å². The van der Waals surface area contributed by atoms with E-state index in [0.29, 0.717) is 109 Å². The zero-order chi connectivity index (χ0) is 70.2. The molecule has 1 fully saturated rings. The number of amides is 4. The van der Waals surface area contributed by atoms with Crippen LogP contribution in [-0.4, -0.2) is 243 Å². The molecule has 0 bridgehead atoms. The highest BCUT2D eigenvalue weighted by Gasteiger charge is 2.49. The fraction of sp³-hybridized carbons (Fsp3) is 0.606. The maximum absolute atomic E-state index is 14.1. The lowest BCUT2D eigenvalue weighted by atomic mass is 9.86. The molecule has 0 saturated carbocycles. The van der Waals surface area contributed by atoms with Gasteiger partial charge in [-0.1, -0.05) is 45.0 Å². The maximum atomic E-state index is 14.1. The van der Waals surface area contributed by atoms with Gasteiger partial charge < -0.3 is 114 Å². The van der Waals surface area contributed by atoms with Gasteiger partial charge in [-0.2, -0.15) is 0 Å². The van der Waals surface area contributed by atoms with Gasteiger partial charge in [-0.15, -0.1) is 0 Å². The third-order valence-electron chi connectivity index (χ3n) is 16.3. The van der Waals surface area contributed by atoms with E-state index in [-0.39, 0.29) is 86.9 Å². The van der Waals surface area contributed by atoms with Gasteiger partial charge in [-0.05, 0) is 74.9 Å². The molecule has 7 rings (SSSR count). The fourth-order valence-electron chi connectivity index (χ4n) is 10.8. The number of rotatable bonds is 42. The van der Waals surface area contributed by atoms with Crippen LogP contribution in [0.25, 0.3) is 22.3 Å². The number of nitrogens with two attached hydrogens (primary N) is 1. The van der Waals surface area contributed by atoms with Crippen molar-refractivity contribution in [2.24, 2.45) is 11.7 Å². The van der Waals surface area contributed by atoms with Crippen molar-refractivity contribution in [1.29, 1.82) is 0 Å².